The first kappa shape index (κ1) is 18.6. The fourth-order valence-corrected chi connectivity index (χ4v) is 4.04. The van der Waals surface area contributed by atoms with Crippen LogP contribution in [-0.2, 0) is 4.79 Å². The summed E-state index contributed by atoms with van der Waals surface area (Å²) in [7, 11) is 0. The summed E-state index contributed by atoms with van der Waals surface area (Å²) in [5, 5.41) is 11.8. The molecule has 6 nitrogen and oxygen atoms in total. The smallest absolute Gasteiger partial charge is 0.241 e. The summed E-state index contributed by atoms with van der Waals surface area (Å²) in [6, 6.07) is 11.9. The van der Waals surface area contributed by atoms with Gasteiger partial charge in [-0.05, 0) is 70.5 Å². The quantitative estimate of drug-likeness (QED) is 0.755. The van der Waals surface area contributed by atoms with Crippen LogP contribution >= 0.6 is 0 Å². The van der Waals surface area contributed by atoms with Crippen LogP contribution in [0, 0.1) is 13.8 Å². The molecule has 1 aromatic carbocycles. The Morgan fingerprint density at radius 2 is 1.93 bits per heavy atom. The highest BCUT2D eigenvalue weighted by Gasteiger charge is 2.29. The molecule has 4 rings (SSSR count). The van der Waals surface area contributed by atoms with Gasteiger partial charge in [-0.2, -0.15) is 0 Å². The average Bonchev–Trinajstić information content (AvgIpc) is 3.14. The van der Waals surface area contributed by atoms with Crippen molar-refractivity contribution in [2.24, 2.45) is 0 Å². The monoisotopic (exact) mass is 377 g/mol. The number of pyridine rings is 1. The lowest BCUT2D eigenvalue weighted by Gasteiger charge is -2.34. The minimum Gasteiger partial charge on any atom is -0.324 e. The Hall–Kier alpha value is -2.73. The lowest BCUT2D eigenvalue weighted by Crippen LogP contribution is -2.46. The van der Waals surface area contributed by atoms with Crippen LogP contribution in [0.15, 0.2) is 42.6 Å². The number of fused-ring (bicyclic) bond motifs is 1. The zero-order valence-corrected chi connectivity index (χ0v) is 16.7. The molecule has 3 aromatic rings. The lowest BCUT2D eigenvalue weighted by atomic mass is 9.95. The van der Waals surface area contributed by atoms with Crippen molar-refractivity contribution in [3.05, 3.63) is 59.5 Å². The molecule has 28 heavy (non-hydrogen) atoms. The van der Waals surface area contributed by atoms with Gasteiger partial charge in [0.1, 0.15) is 5.82 Å². The minimum absolute atomic E-state index is 0.0540. The highest BCUT2D eigenvalue weighted by Crippen LogP contribution is 2.28. The number of anilines is 1. The summed E-state index contributed by atoms with van der Waals surface area (Å²) in [4.78, 5) is 15.0. The van der Waals surface area contributed by atoms with Gasteiger partial charge in [0.25, 0.3) is 0 Å². The van der Waals surface area contributed by atoms with E-state index in [1.165, 1.54) is 5.56 Å². The minimum atomic E-state index is -0.156. The summed E-state index contributed by atoms with van der Waals surface area (Å²) in [6.07, 6.45) is 3.99. The van der Waals surface area contributed by atoms with Crippen LogP contribution in [0.4, 0.5) is 5.69 Å². The molecule has 1 aliphatic heterocycles. The molecule has 1 amide bonds. The number of nitrogens with zero attached hydrogens (tertiary/aromatic N) is 4. The molecule has 1 atom stereocenters. The number of carbonyl (C=O) groups excluding carboxylic acids is 1. The number of carbonyl (C=O) groups is 1. The highest BCUT2D eigenvalue weighted by molar-refractivity contribution is 5.95. The van der Waals surface area contributed by atoms with Gasteiger partial charge in [-0.3, -0.25) is 14.1 Å². The fraction of sp³-hybridized carbons (Fsp3) is 0.409. The lowest BCUT2D eigenvalue weighted by molar-refractivity contribution is -0.121. The van der Waals surface area contributed by atoms with E-state index in [1.807, 2.05) is 50.4 Å². The van der Waals surface area contributed by atoms with Gasteiger partial charge in [0, 0.05) is 17.8 Å². The number of aryl methyl sites for hydroxylation is 2. The second-order valence-corrected chi connectivity index (χ2v) is 7.78. The Morgan fingerprint density at radius 1 is 1.14 bits per heavy atom. The third-order valence-corrected chi connectivity index (χ3v) is 5.80. The second-order valence-electron chi connectivity index (χ2n) is 7.78. The number of rotatable bonds is 4. The number of nitrogens with one attached hydrogen (secondary N) is 1. The van der Waals surface area contributed by atoms with E-state index in [2.05, 4.69) is 37.8 Å². The molecule has 0 saturated carbocycles. The molecule has 1 saturated heterocycles. The van der Waals surface area contributed by atoms with Gasteiger partial charge < -0.3 is 5.32 Å². The molecular weight excluding hydrogens is 350 g/mol. The van der Waals surface area contributed by atoms with Crippen molar-refractivity contribution in [1.82, 2.24) is 19.5 Å². The van der Waals surface area contributed by atoms with Gasteiger partial charge in [0.05, 0.1) is 6.04 Å². The van der Waals surface area contributed by atoms with Crippen LogP contribution in [0.3, 0.4) is 0 Å². The van der Waals surface area contributed by atoms with E-state index in [4.69, 9.17) is 0 Å². The van der Waals surface area contributed by atoms with E-state index >= 15 is 0 Å². The number of hydrogen-bond donors (Lipinski definition) is 1. The first-order valence-corrected chi connectivity index (χ1v) is 9.95. The highest BCUT2D eigenvalue weighted by atomic mass is 16.2. The number of piperidine rings is 1. The largest absolute Gasteiger partial charge is 0.324 e. The molecule has 0 unspecified atom stereocenters. The molecule has 0 spiro atoms. The van der Waals surface area contributed by atoms with Crippen LogP contribution in [0.1, 0.15) is 42.6 Å². The molecule has 0 radical (unpaired) electrons. The van der Waals surface area contributed by atoms with Gasteiger partial charge in [0.15, 0.2) is 5.65 Å². The SMILES string of the molecule is Cc1ccc(NC(=O)[C@H](C)N2CCC(c3nnc4ccccn34)CC2)c(C)c1. The van der Waals surface area contributed by atoms with E-state index < -0.39 is 0 Å². The maximum Gasteiger partial charge on any atom is 0.241 e. The number of aromatic nitrogens is 3. The van der Waals surface area contributed by atoms with Crippen LogP contribution in [0.25, 0.3) is 5.65 Å². The second kappa shape index (κ2) is 7.72. The number of amides is 1. The van der Waals surface area contributed by atoms with Crippen molar-refractivity contribution in [1.29, 1.82) is 0 Å². The molecule has 1 fully saturated rings. The number of benzene rings is 1. The van der Waals surface area contributed by atoms with Gasteiger partial charge in [-0.1, -0.05) is 23.8 Å². The van der Waals surface area contributed by atoms with Crippen molar-refractivity contribution >= 4 is 17.2 Å². The Labute approximate surface area is 165 Å². The van der Waals surface area contributed by atoms with Crippen molar-refractivity contribution in [3.63, 3.8) is 0 Å². The molecule has 3 heterocycles. The molecule has 146 valence electrons. The summed E-state index contributed by atoms with van der Waals surface area (Å²) in [5.74, 6) is 1.46. The van der Waals surface area contributed by atoms with Gasteiger partial charge in [-0.25, -0.2) is 0 Å². The predicted octanol–water partition coefficient (Wildman–Crippen LogP) is 3.55. The Morgan fingerprint density at radius 3 is 2.68 bits per heavy atom. The number of likely N-dealkylation sites (tertiary alicyclic amines) is 1. The molecule has 2 aromatic heterocycles. The fourth-order valence-electron chi connectivity index (χ4n) is 4.04. The maximum atomic E-state index is 12.8. The van der Waals surface area contributed by atoms with Gasteiger partial charge >= 0.3 is 0 Å². The van der Waals surface area contributed by atoms with Crippen molar-refractivity contribution in [3.8, 4) is 0 Å². The first-order valence-electron chi connectivity index (χ1n) is 9.95. The average molecular weight is 377 g/mol. The van der Waals surface area contributed by atoms with Crippen LogP contribution < -0.4 is 5.32 Å². The standard InChI is InChI=1S/C22H27N5O/c1-15-7-8-19(16(2)14-15)23-22(28)17(3)26-12-9-18(10-13-26)21-25-24-20-6-4-5-11-27(20)21/h4-8,11,14,17-18H,9-10,12-13H2,1-3H3,(H,23,28)/t17-/m0/s1. The first-order chi connectivity index (χ1) is 13.5. The molecule has 6 heteroatoms. The topological polar surface area (TPSA) is 62.5 Å². The van der Waals surface area contributed by atoms with E-state index in [1.54, 1.807) is 0 Å². The summed E-state index contributed by atoms with van der Waals surface area (Å²) >= 11 is 0. The third kappa shape index (κ3) is 3.64. The number of hydrogen-bond acceptors (Lipinski definition) is 4. The molecule has 0 bridgehead atoms. The normalized spacial score (nSPS) is 17.0. The Bertz CT molecular complexity index is 988. The van der Waals surface area contributed by atoms with Crippen LogP contribution in [-0.4, -0.2) is 44.5 Å². The molecule has 1 N–H and O–H groups in total. The zero-order valence-electron chi connectivity index (χ0n) is 16.7. The van der Waals surface area contributed by atoms with E-state index in [9.17, 15) is 4.79 Å². The zero-order chi connectivity index (χ0) is 19.7. The Kier molecular flexibility index (Phi) is 5.13. The van der Waals surface area contributed by atoms with Gasteiger partial charge in [-0.15, -0.1) is 10.2 Å². The molecule has 0 aliphatic carbocycles. The van der Waals surface area contributed by atoms with Gasteiger partial charge in [0.2, 0.25) is 5.91 Å². The molecular formula is C22H27N5O. The summed E-state index contributed by atoms with van der Waals surface area (Å²) in [6.45, 7) is 7.85. The van der Waals surface area contributed by atoms with Crippen LogP contribution in [0.5, 0.6) is 0 Å². The predicted molar refractivity (Wildman–Crippen MR) is 111 cm³/mol. The van der Waals surface area contributed by atoms with Crippen molar-refractivity contribution < 1.29 is 4.79 Å². The third-order valence-electron chi connectivity index (χ3n) is 5.80. The summed E-state index contributed by atoms with van der Waals surface area (Å²) < 4.78 is 2.08. The van der Waals surface area contributed by atoms with E-state index in [0.29, 0.717) is 5.92 Å². The van der Waals surface area contributed by atoms with Crippen LogP contribution in [0.2, 0.25) is 0 Å². The van der Waals surface area contributed by atoms with E-state index in [0.717, 1.165) is 48.7 Å². The molecule has 1 aliphatic rings. The van der Waals surface area contributed by atoms with Crippen molar-refractivity contribution in [2.75, 3.05) is 18.4 Å². The maximum absolute atomic E-state index is 12.8. The van der Waals surface area contributed by atoms with E-state index in [-0.39, 0.29) is 11.9 Å². The summed E-state index contributed by atoms with van der Waals surface area (Å²) in [5.41, 5.74) is 4.08. The van der Waals surface area contributed by atoms with Crippen molar-refractivity contribution in [2.45, 2.75) is 45.6 Å². The Balaban J connectivity index is 1.38.